The van der Waals surface area contributed by atoms with Crippen LogP contribution in [0.1, 0.15) is 32.5 Å². The van der Waals surface area contributed by atoms with Gasteiger partial charge in [-0.3, -0.25) is 0 Å². The number of nitrogens with one attached hydrogen (secondary N) is 1. The van der Waals surface area contributed by atoms with Gasteiger partial charge in [-0.25, -0.2) is 9.78 Å². The summed E-state index contributed by atoms with van der Waals surface area (Å²) in [4.78, 5) is 26.7. The third kappa shape index (κ3) is 6.52. The molecule has 0 spiro atoms. The molecule has 7 nitrogen and oxygen atoms in total. The number of carboxylic acid groups (broad SMARTS) is 1. The van der Waals surface area contributed by atoms with Crippen molar-refractivity contribution in [2.24, 2.45) is 0 Å². The van der Waals surface area contributed by atoms with Crippen molar-refractivity contribution in [2.45, 2.75) is 32.4 Å². The van der Waals surface area contributed by atoms with E-state index in [9.17, 15) is 14.7 Å². The van der Waals surface area contributed by atoms with E-state index in [1.165, 1.54) is 13.2 Å². The number of rotatable bonds is 4. The number of carbonyl (C=O) groups excluding carboxylic acids is 2. The number of aliphatic carboxylic acids is 1. The molecule has 1 unspecified atom stereocenters. The number of alkyl carbamates (subject to hydrolysis) is 1. The molecular weight excluding hydrogens is 271 g/mol. The normalized spacial score (nSPS) is 11.8. The van der Waals surface area contributed by atoms with Crippen molar-refractivity contribution in [1.82, 2.24) is 10.3 Å². The Morgan fingerprint density at radius 1 is 1.33 bits per heavy atom. The molecule has 1 heterocycles. The van der Waals surface area contributed by atoms with Crippen LogP contribution in [0.3, 0.4) is 0 Å². The average Bonchev–Trinajstić information content (AvgIpc) is 2.33. The molecule has 8 heteroatoms. The minimum absolute atomic E-state index is 0. The molecule has 0 saturated heterocycles. The van der Waals surface area contributed by atoms with Crippen LogP contribution in [0, 0.1) is 0 Å². The maximum Gasteiger partial charge on any atom is 1.00 e. The number of methoxy groups -OCH3 is 1. The van der Waals surface area contributed by atoms with Gasteiger partial charge < -0.3 is 24.7 Å². The van der Waals surface area contributed by atoms with Crippen molar-refractivity contribution in [2.75, 3.05) is 7.11 Å². The van der Waals surface area contributed by atoms with Crippen molar-refractivity contribution < 1.29 is 43.0 Å². The minimum atomic E-state index is -1.49. The number of pyridine rings is 1. The van der Waals surface area contributed by atoms with Crippen molar-refractivity contribution in [1.29, 1.82) is 0 Å². The number of nitrogens with zero attached hydrogens (tertiary/aromatic N) is 1. The maximum absolute atomic E-state index is 11.6. The van der Waals surface area contributed by atoms with E-state index in [2.05, 4.69) is 10.3 Å². The zero-order chi connectivity index (χ0) is 15.3. The summed E-state index contributed by atoms with van der Waals surface area (Å²) in [5.74, 6) is -1.25. The van der Waals surface area contributed by atoms with Crippen LogP contribution in [-0.4, -0.2) is 29.8 Å². The zero-order valence-electron chi connectivity index (χ0n) is 12.8. The Bertz CT molecular complexity index is 502. The molecule has 110 valence electrons. The van der Waals surface area contributed by atoms with Crippen LogP contribution in [0.15, 0.2) is 18.2 Å². The summed E-state index contributed by atoms with van der Waals surface area (Å²) in [5.41, 5.74) is -0.641. The fourth-order valence-corrected chi connectivity index (χ4v) is 1.38. The molecule has 0 aliphatic rings. The first kappa shape index (κ1) is 19.3. The molecule has 1 aromatic heterocycles. The Kier molecular flexibility index (Phi) is 7.26. The van der Waals surface area contributed by atoms with Crippen LogP contribution in [-0.2, 0) is 9.53 Å². The van der Waals surface area contributed by atoms with Gasteiger partial charge in [-0.1, -0.05) is 6.07 Å². The van der Waals surface area contributed by atoms with Crippen LogP contribution in [0.4, 0.5) is 4.79 Å². The van der Waals surface area contributed by atoms with Crippen LogP contribution >= 0.6 is 0 Å². The number of hydrogen-bond acceptors (Lipinski definition) is 6. The van der Waals surface area contributed by atoms with E-state index in [4.69, 9.17) is 9.47 Å². The van der Waals surface area contributed by atoms with Gasteiger partial charge in [0.2, 0.25) is 5.88 Å². The predicted octanol–water partition coefficient (Wildman–Crippen LogP) is -2.59. The van der Waals surface area contributed by atoms with Crippen LogP contribution in [0.25, 0.3) is 0 Å². The van der Waals surface area contributed by atoms with Gasteiger partial charge in [-0.15, -0.1) is 0 Å². The number of hydrogen-bond donors (Lipinski definition) is 1. The number of carbonyl (C=O) groups is 2. The Balaban J connectivity index is 0.00000400. The van der Waals surface area contributed by atoms with Crippen molar-refractivity contribution in [3.8, 4) is 5.88 Å². The molecule has 0 aliphatic heterocycles. The summed E-state index contributed by atoms with van der Waals surface area (Å²) in [6.45, 7) is 5.01. The fraction of sp³-hybridized carbons (Fsp3) is 0.462. The van der Waals surface area contributed by atoms with E-state index in [0.29, 0.717) is 0 Å². The first-order valence-corrected chi connectivity index (χ1v) is 5.94. The fourth-order valence-electron chi connectivity index (χ4n) is 1.38. The summed E-state index contributed by atoms with van der Waals surface area (Å²) in [6, 6.07) is 3.15. The first-order chi connectivity index (χ1) is 9.23. The second kappa shape index (κ2) is 7.91. The van der Waals surface area contributed by atoms with E-state index >= 15 is 0 Å². The standard InChI is InChI=1S/C13H18N2O5.Li/c1-13(2,3)20-12(18)15-10(11(16)17)8-6-5-7-9(14-8)19-4;/h5-7,10H,1-4H3,(H,15,18)(H,16,17);/q;+1/p-1. The second-order valence-electron chi connectivity index (χ2n) is 5.00. The van der Waals surface area contributed by atoms with Gasteiger partial charge >= 0.3 is 25.0 Å². The summed E-state index contributed by atoms with van der Waals surface area (Å²) >= 11 is 0. The van der Waals surface area contributed by atoms with Crippen molar-refractivity contribution in [3.05, 3.63) is 23.9 Å². The van der Waals surface area contributed by atoms with Gasteiger partial charge in [0, 0.05) is 6.07 Å². The molecule has 21 heavy (non-hydrogen) atoms. The minimum Gasteiger partial charge on any atom is -0.547 e. The first-order valence-electron chi connectivity index (χ1n) is 5.94. The molecule has 1 rings (SSSR count). The molecular formula is C13H17LiN2O5. The monoisotopic (exact) mass is 288 g/mol. The molecule has 0 radical (unpaired) electrons. The average molecular weight is 288 g/mol. The van der Waals surface area contributed by atoms with Gasteiger partial charge in [0.1, 0.15) is 11.6 Å². The third-order valence-corrected chi connectivity index (χ3v) is 2.15. The Morgan fingerprint density at radius 3 is 2.43 bits per heavy atom. The maximum atomic E-state index is 11.6. The summed E-state index contributed by atoms with van der Waals surface area (Å²) in [5, 5.41) is 13.3. The molecule has 1 amide bonds. The topological polar surface area (TPSA) is 101 Å². The summed E-state index contributed by atoms with van der Waals surface area (Å²) < 4.78 is 9.90. The molecule has 0 bridgehead atoms. The molecule has 0 fully saturated rings. The van der Waals surface area contributed by atoms with E-state index < -0.39 is 23.7 Å². The smallest absolute Gasteiger partial charge is 0.547 e. The van der Waals surface area contributed by atoms with Gasteiger partial charge in [0.25, 0.3) is 0 Å². The summed E-state index contributed by atoms with van der Waals surface area (Å²) in [6.07, 6.45) is -0.865. The molecule has 1 aromatic rings. The van der Waals surface area contributed by atoms with E-state index in [0.717, 1.165) is 0 Å². The van der Waals surface area contributed by atoms with Crippen LogP contribution in [0.2, 0.25) is 0 Å². The zero-order valence-corrected chi connectivity index (χ0v) is 12.8. The molecule has 1 atom stereocenters. The van der Waals surface area contributed by atoms with Crippen molar-refractivity contribution >= 4 is 12.1 Å². The third-order valence-electron chi connectivity index (χ3n) is 2.15. The Labute approximate surface area is 135 Å². The van der Waals surface area contributed by atoms with Crippen molar-refractivity contribution in [3.63, 3.8) is 0 Å². The Hall–Kier alpha value is -1.71. The quantitative estimate of drug-likeness (QED) is 0.610. The number of ether oxygens (including phenoxy) is 2. The second-order valence-corrected chi connectivity index (χ2v) is 5.00. The van der Waals surface area contributed by atoms with Crippen LogP contribution in [0.5, 0.6) is 5.88 Å². The predicted molar refractivity (Wildman–Crippen MR) is 67.9 cm³/mol. The molecule has 0 saturated carbocycles. The van der Waals surface area contributed by atoms with E-state index in [1.807, 2.05) is 0 Å². The molecule has 0 aliphatic carbocycles. The number of amides is 1. The summed E-state index contributed by atoms with van der Waals surface area (Å²) in [7, 11) is 1.40. The van der Waals surface area contributed by atoms with Gasteiger partial charge in [0.15, 0.2) is 0 Å². The van der Waals surface area contributed by atoms with E-state index in [-0.39, 0.29) is 30.4 Å². The van der Waals surface area contributed by atoms with Crippen LogP contribution < -0.4 is 34.0 Å². The Morgan fingerprint density at radius 2 is 1.95 bits per heavy atom. The molecule has 0 aromatic carbocycles. The largest absolute Gasteiger partial charge is 1.00 e. The van der Waals surface area contributed by atoms with Gasteiger partial charge in [-0.05, 0) is 26.8 Å². The van der Waals surface area contributed by atoms with Gasteiger partial charge in [-0.2, -0.15) is 0 Å². The van der Waals surface area contributed by atoms with Gasteiger partial charge in [0.05, 0.1) is 18.8 Å². The SMILES string of the molecule is COc1cccc(C(NC(=O)OC(C)(C)C)C(=O)[O-])n1.[Li+]. The number of carboxylic acids is 1. The number of aromatic nitrogens is 1. The van der Waals surface area contributed by atoms with E-state index in [1.54, 1.807) is 32.9 Å². The molecule has 1 N–H and O–H groups in total.